The van der Waals surface area contributed by atoms with Crippen LogP contribution in [0.1, 0.15) is 35.0 Å². The molecule has 0 aliphatic carbocycles. The molecule has 1 aliphatic heterocycles. The zero-order chi connectivity index (χ0) is 13.3. The Bertz CT molecular complexity index is 521. The molecule has 0 atom stereocenters. The zero-order valence-corrected chi connectivity index (χ0v) is 11.0. The average molecular weight is 246 g/mol. The molecule has 0 bridgehead atoms. The van der Waals surface area contributed by atoms with Gasteiger partial charge < -0.3 is 10.0 Å². The Labute approximate surface area is 107 Å². The maximum atomic E-state index is 11.4. The number of anilines is 1. The van der Waals surface area contributed by atoms with Crippen molar-refractivity contribution in [3.05, 3.63) is 34.5 Å². The van der Waals surface area contributed by atoms with Gasteiger partial charge in [-0.05, 0) is 38.8 Å². The molecule has 1 aromatic rings. The normalized spacial score (nSPS) is 15.5. The lowest BCUT2D eigenvalue weighted by Gasteiger charge is -2.28. The van der Waals surface area contributed by atoms with Crippen LogP contribution in [0.2, 0.25) is 0 Å². The van der Waals surface area contributed by atoms with Gasteiger partial charge >= 0.3 is 5.97 Å². The highest BCUT2D eigenvalue weighted by Crippen LogP contribution is 2.25. The number of rotatable bonds is 2. The fourth-order valence-corrected chi connectivity index (χ4v) is 2.27. The van der Waals surface area contributed by atoms with Crippen molar-refractivity contribution in [3.63, 3.8) is 0 Å². The first-order valence-corrected chi connectivity index (χ1v) is 6.11. The Hall–Kier alpha value is -1.84. The minimum absolute atomic E-state index is 0.327. The molecule has 18 heavy (non-hydrogen) atoms. The lowest BCUT2D eigenvalue weighted by atomic mass is 10.1. The summed E-state index contributed by atoms with van der Waals surface area (Å²) in [6, 6.07) is 1.82. The highest BCUT2D eigenvalue weighted by atomic mass is 16.4. The van der Waals surface area contributed by atoms with Crippen molar-refractivity contribution in [2.45, 2.75) is 27.2 Å². The number of aryl methyl sites for hydroxylation is 2. The number of carboxylic acids is 1. The SMILES string of the molecule is CC1=CCN(c2nc(C)cc(C)c2C(=O)O)CC1. The predicted molar refractivity (Wildman–Crippen MR) is 71.3 cm³/mol. The van der Waals surface area contributed by atoms with Crippen molar-refractivity contribution in [1.29, 1.82) is 0 Å². The Morgan fingerprint density at radius 1 is 1.39 bits per heavy atom. The standard InChI is InChI=1S/C14H18N2O2/c1-9-4-6-16(7-5-9)13-12(14(17)18)10(2)8-11(3)15-13/h4,8H,5-7H2,1-3H3,(H,17,18). The van der Waals surface area contributed by atoms with Gasteiger partial charge in [0.15, 0.2) is 0 Å². The van der Waals surface area contributed by atoms with Crippen LogP contribution in [0.3, 0.4) is 0 Å². The molecule has 0 radical (unpaired) electrons. The monoisotopic (exact) mass is 246 g/mol. The third-order valence-corrected chi connectivity index (χ3v) is 3.28. The summed E-state index contributed by atoms with van der Waals surface area (Å²) in [5.74, 6) is -0.301. The quantitative estimate of drug-likeness (QED) is 0.815. The smallest absolute Gasteiger partial charge is 0.339 e. The Balaban J connectivity index is 2.46. The number of aromatic nitrogens is 1. The number of hydrogen-bond donors (Lipinski definition) is 1. The Morgan fingerprint density at radius 3 is 2.67 bits per heavy atom. The molecule has 1 N–H and O–H groups in total. The average Bonchev–Trinajstić information content (AvgIpc) is 2.28. The molecular formula is C14H18N2O2. The van der Waals surface area contributed by atoms with E-state index in [1.165, 1.54) is 5.57 Å². The van der Waals surface area contributed by atoms with Gasteiger partial charge in [-0.2, -0.15) is 0 Å². The molecule has 0 amide bonds. The molecule has 0 saturated heterocycles. The molecule has 4 heteroatoms. The molecule has 0 saturated carbocycles. The third-order valence-electron chi connectivity index (χ3n) is 3.28. The van der Waals surface area contributed by atoms with Gasteiger partial charge in [0.1, 0.15) is 11.4 Å². The van der Waals surface area contributed by atoms with E-state index >= 15 is 0 Å². The van der Waals surface area contributed by atoms with Crippen molar-refractivity contribution >= 4 is 11.8 Å². The first-order chi connectivity index (χ1) is 8.49. The first kappa shape index (κ1) is 12.6. The van der Waals surface area contributed by atoms with Crippen molar-refractivity contribution in [1.82, 2.24) is 4.98 Å². The summed E-state index contributed by atoms with van der Waals surface area (Å²) < 4.78 is 0. The van der Waals surface area contributed by atoms with E-state index in [1.54, 1.807) is 0 Å². The second-order valence-electron chi connectivity index (χ2n) is 4.83. The van der Waals surface area contributed by atoms with Crippen LogP contribution in [0.25, 0.3) is 0 Å². The second-order valence-corrected chi connectivity index (χ2v) is 4.83. The molecule has 96 valence electrons. The molecule has 2 rings (SSSR count). The highest BCUT2D eigenvalue weighted by molar-refractivity contribution is 5.95. The van der Waals surface area contributed by atoms with Gasteiger partial charge in [-0.15, -0.1) is 0 Å². The number of pyridine rings is 1. The molecule has 0 fully saturated rings. The number of aromatic carboxylic acids is 1. The summed E-state index contributed by atoms with van der Waals surface area (Å²) in [5, 5.41) is 9.34. The molecule has 0 aromatic carbocycles. The number of nitrogens with zero attached hydrogens (tertiary/aromatic N) is 2. The molecule has 0 unspecified atom stereocenters. The lowest BCUT2D eigenvalue weighted by Crippen LogP contribution is -2.31. The van der Waals surface area contributed by atoms with Crippen LogP contribution in [-0.2, 0) is 0 Å². The van der Waals surface area contributed by atoms with Crippen LogP contribution in [0.5, 0.6) is 0 Å². The van der Waals surface area contributed by atoms with E-state index in [2.05, 4.69) is 18.0 Å². The predicted octanol–water partition coefficient (Wildman–Crippen LogP) is 2.55. The largest absolute Gasteiger partial charge is 0.478 e. The van der Waals surface area contributed by atoms with Gasteiger partial charge in [0.25, 0.3) is 0 Å². The number of carboxylic acid groups (broad SMARTS) is 1. The van der Waals surface area contributed by atoms with E-state index in [0.717, 1.165) is 30.8 Å². The number of carbonyl (C=O) groups is 1. The summed E-state index contributed by atoms with van der Waals surface area (Å²) >= 11 is 0. The topological polar surface area (TPSA) is 53.4 Å². The molecule has 1 aromatic heterocycles. The van der Waals surface area contributed by atoms with Crippen LogP contribution >= 0.6 is 0 Å². The highest BCUT2D eigenvalue weighted by Gasteiger charge is 2.21. The minimum Gasteiger partial charge on any atom is -0.478 e. The van der Waals surface area contributed by atoms with Gasteiger partial charge in [0.2, 0.25) is 0 Å². The summed E-state index contributed by atoms with van der Waals surface area (Å²) in [7, 11) is 0. The van der Waals surface area contributed by atoms with Gasteiger partial charge in [0, 0.05) is 18.8 Å². The van der Waals surface area contributed by atoms with Crippen LogP contribution < -0.4 is 4.90 Å². The molecule has 0 spiro atoms. The van der Waals surface area contributed by atoms with Gasteiger partial charge in [-0.25, -0.2) is 9.78 Å². The number of hydrogen-bond acceptors (Lipinski definition) is 3. The first-order valence-electron chi connectivity index (χ1n) is 6.11. The summed E-state index contributed by atoms with van der Waals surface area (Å²) in [5.41, 5.74) is 3.32. The van der Waals surface area contributed by atoms with E-state index in [4.69, 9.17) is 0 Å². The van der Waals surface area contributed by atoms with Crippen molar-refractivity contribution < 1.29 is 9.90 Å². The van der Waals surface area contributed by atoms with E-state index in [1.807, 2.05) is 24.8 Å². The lowest BCUT2D eigenvalue weighted by molar-refractivity contribution is 0.0696. The van der Waals surface area contributed by atoms with E-state index < -0.39 is 5.97 Å². The third kappa shape index (κ3) is 2.37. The van der Waals surface area contributed by atoms with Crippen LogP contribution in [0, 0.1) is 13.8 Å². The molecule has 4 nitrogen and oxygen atoms in total. The minimum atomic E-state index is -0.902. The Morgan fingerprint density at radius 2 is 2.11 bits per heavy atom. The Kier molecular flexibility index (Phi) is 3.36. The molecular weight excluding hydrogens is 228 g/mol. The van der Waals surface area contributed by atoms with Crippen LogP contribution in [-0.4, -0.2) is 29.1 Å². The summed E-state index contributed by atoms with van der Waals surface area (Å²) in [4.78, 5) is 17.8. The zero-order valence-electron chi connectivity index (χ0n) is 11.0. The van der Waals surface area contributed by atoms with Crippen LogP contribution in [0.15, 0.2) is 17.7 Å². The van der Waals surface area contributed by atoms with Crippen molar-refractivity contribution in [2.75, 3.05) is 18.0 Å². The maximum absolute atomic E-state index is 11.4. The van der Waals surface area contributed by atoms with Crippen molar-refractivity contribution in [2.24, 2.45) is 0 Å². The van der Waals surface area contributed by atoms with Gasteiger partial charge in [0.05, 0.1) is 0 Å². The van der Waals surface area contributed by atoms with E-state index in [-0.39, 0.29) is 0 Å². The fourth-order valence-electron chi connectivity index (χ4n) is 2.27. The maximum Gasteiger partial charge on any atom is 0.339 e. The summed E-state index contributed by atoms with van der Waals surface area (Å²) in [6.07, 6.45) is 3.10. The van der Waals surface area contributed by atoms with E-state index in [0.29, 0.717) is 11.4 Å². The van der Waals surface area contributed by atoms with Gasteiger partial charge in [-0.1, -0.05) is 11.6 Å². The van der Waals surface area contributed by atoms with Crippen molar-refractivity contribution in [3.8, 4) is 0 Å². The van der Waals surface area contributed by atoms with Gasteiger partial charge in [-0.3, -0.25) is 0 Å². The molecule has 1 aliphatic rings. The molecule has 2 heterocycles. The fraction of sp³-hybridized carbons (Fsp3) is 0.429. The van der Waals surface area contributed by atoms with E-state index in [9.17, 15) is 9.90 Å². The summed E-state index contributed by atoms with van der Waals surface area (Å²) in [6.45, 7) is 7.39. The van der Waals surface area contributed by atoms with Crippen LogP contribution in [0.4, 0.5) is 5.82 Å². The second kappa shape index (κ2) is 4.80.